The van der Waals surface area contributed by atoms with Gasteiger partial charge in [-0.3, -0.25) is 0 Å². The fraction of sp³-hybridized carbons (Fsp3) is 0.0476. The van der Waals surface area contributed by atoms with Crippen LogP contribution in [0.4, 0.5) is 0 Å². The third kappa shape index (κ3) is 4.10. The predicted octanol–water partition coefficient (Wildman–Crippen LogP) is 5.60. The molecule has 0 aromatic heterocycles. The maximum Gasteiger partial charge on any atom is 0.123 e. The van der Waals surface area contributed by atoms with E-state index in [1.54, 1.807) is 0 Å². The Hall–Kier alpha value is -2.80. The van der Waals surface area contributed by atoms with Crippen LogP contribution in [0.5, 0.6) is 0 Å². The molecule has 2 aromatic rings. The van der Waals surface area contributed by atoms with Crippen molar-refractivity contribution >= 4 is 12.2 Å². The molecule has 0 saturated heterocycles. The fourth-order valence-electron chi connectivity index (χ4n) is 2.20. The first-order valence-corrected chi connectivity index (χ1v) is 7.44. The summed E-state index contributed by atoms with van der Waals surface area (Å²) >= 11 is 0. The summed E-state index contributed by atoms with van der Waals surface area (Å²) in [5.74, 6) is 1.78. The average molecular weight is 286 g/mol. The lowest BCUT2D eigenvalue weighted by atomic mass is 10.1. The van der Waals surface area contributed by atoms with Crippen LogP contribution in [0.1, 0.15) is 17.5 Å². The molecule has 1 aliphatic heterocycles. The van der Waals surface area contributed by atoms with Crippen molar-refractivity contribution in [2.24, 2.45) is 0 Å². The number of rotatable bonds is 4. The van der Waals surface area contributed by atoms with E-state index in [1.807, 2.05) is 48.6 Å². The smallest absolute Gasteiger partial charge is 0.123 e. The zero-order chi connectivity index (χ0) is 15.0. The van der Waals surface area contributed by atoms with Crippen LogP contribution in [0, 0.1) is 0 Å². The molecule has 0 aliphatic carbocycles. The van der Waals surface area contributed by atoms with E-state index in [2.05, 4.69) is 48.6 Å². The zero-order valence-corrected chi connectivity index (χ0v) is 12.4. The Balaban J connectivity index is 1.62. The summed E-state index contributed by atoms with van der Waals surface area (Å²) in [4.78, 5) is 0. The van der Waals surface area contributed by atoms with Gasteiger partial charge in [-0.2, -0.15) is 0 Å². The highest BCUT2D eigenvalue weighted by Crippen LogP contribution is 2.19. The Morgan fingerprint density at radius 1 is 0.591 bits per heavy atom. The lowest BCUT2D eigenvalue weighted by molar-refractivity contribution is 0.327. The van der Waals surface area contributed by atoms with Gasteiger partial charge < -0.3 is 4.74 Å². The van der Waals surface area contributed by atoms with Crippen LogP contribution in [-0.4, -0.2) is 0 Å². The summed E-state index contributed by atoms with van der Waals surface area (Å²) in [5.41, 5.74) is 2.34. The fourth-order valence-corrected chi connectivity index (χ4v) is 2.20. The van der Waals surface area contributed by atoms with Gasteiger partial charge in [0.15, 0.2) is 0 Å². The Bertz CT molecular complexity index is 656. The summed E-state index contributed by atoms with van der Waals surface area (Å²) in [7, 11) is 0. The SMILES string of the molecule is C(=Cc1ccccc1)C1=CCC=C(C=Cc2ccccc2)O1. The van der Waals surface area contributed by atoms with Gasteiger partial charge in [-0.1, -0.05) is 72.8 Å². The van der Waals surface area contributed by atoms with Crippen LogP contribution in [-0.2, 0) is 4.74 Å². The number of benzene rings is 2. The van der Waals surface area contributed by atoms with Crippen molar-refractivity contribution in [2.75, 3.05) is 0 Å². The number of ether oxygens (including phenoxy) is 1. The highest BCUT2D eigenvalue weighted by molar-refractivity contribution is 5.54. The van der Waals surface area contributed by atoms with Gasteiger partial charge in [0, 0.05) is 0 Å². The quantitative estimate of drug-likeness (QED) is 0.710. The molecule has 0 radical (unpaired) electrons. The molecular weight excluding hydrogens is 268 g/mol. The van der Waals surface area contributed by atoms with Crippen LogP contribution in [0.2, 0.25) is 0 Å². The van der Waals surface area contributed by atoms with Crippen molar-refractivity contribution in [2.45, 2.75) is 6.42 Å². The van der Waals surface area contributed by atoms with Crippen LogP contribution in [0.15, 0.2) is 96.5 Å². The van der Waals surface area contributed by atoms with E-state index in [0.29, 0.717) is 0 Å². The molecule has 1 nitrogen and oxygen atoms in total. The lowest BCUT2D eigenvalue weighted by Gasteiger charge is -2.11. The van der Waals surface area contributed by atoms with Crippen LogP contribution >= 0.6 is 0 Å². The molecule has 0 saturated carbocycles. The minimum Gasteiger partial charge on any atom is -0.458 e. The van der Waals surface area contributed by atoms with E-state index < -0.39 is 0 Å². The molecule has 0 amide bonds. The third-order valence-electron chi connectivity index (χ3n) is 3.35. The minimum absolute atomic E-state index is 0.888. The molecular formula is C21H18O. The molecule has 0 unspecified atom stereocenters. The summed E-state index contributed by atoms with van der Waals surface area (Å²) in [5, 5.41) is 0. The number of hydrogen-bond acceptors (Lipinski definition) is 1. The Kier molecular flexibility index (Phi) is 4.68. The Morgan fingerprint density at radius 2 is 1.05 bits per heavy atom. The minimum atomic E-state index is 0.888. The summed E-state index contributed by atoms with van der Waals surface area (Å²) in [6.07, 6.45) is 13.2. The first-order valence-electron chi connectivity index (χ1n) is 7.44. The van der Waals surface area contributed by atoms with Gasteiger partial charge in [0.25, 0.3) is 0 Å². The maximum atomic E-state index is 5.88. The molecule has 2 aromatic carbocycles. The standard InChI is InChI=1S/C21H18O/c1-3-8-18(9-4-1)14-16-20-12-7-13-21(22-20)17-15-19-10-5-2-6-11-19/h1-6,8-17H,7H2. The van der Waals surface area contributed by atoms with Crippen molar-refractivity contribution in [3.05, 3.63) is 108 Å². The van der Waals surface area contributed by atoms with Crippen LogP contribution in [0.3, 0.4) is 0 Å². The van der Waals surface area contributed by atoms with Crippen LogP contribution < -0.4 is 0 Å². The van der Waals surface area contributed by atoms with Gasteiger partial charge in [-0.15, -0.1) is 0 Å². The molecule has 22 heavy (non-hydrogen) atoms. The molecule has 1 aliphatic rings. The molecule has 1 heterocycles. The van der Waals surface area contributed by atoms with Crippen molar-refractivity contribution in [3.63, 3.8) is 0 Å². The van der Waals surface area contributed by atoms with Crippen molar-refractivity contribution in [1.82, 2.24) is 0 Å². The van der Waals surface area contributed by atoms with E-state index in [-0.39, 0.29) is 0 Å². The molecule has 1 heteroatoms. The van der Waals surface area contributed by atoms with Gasteiger partial charge in [-0.25, -0.2) is 0 Å². The first-order chi connectivity index (χ1) is 10.9. The van der Waals surface area contributed by atoms with Crippen molar-refractivity contribution in [3.8, 4) is 0 Å². The van der Waals surface area contributed by atoms with E-state index >= 15 is 0 Å². The van der Waals surface area contributed by atoms with Gasteiger partial charge >= 0.3 is 0 Å². The molecule has 3 rings (SSSR count). The molecule has 0 bridgehead atoms. The first kappa shape index (κ1) is 14.2. The Labute approximate surface area is 131 Å². The van der Waals surface area contributed by atoms with E-state index in [0.717, 1.165) is 17.9 Å². The summed E-state index contributed by atoms with van der Waals surface area (Å²) in [6, 6.07) is 20.5. The van der Waals surface area contributed by atoms with Crippen molar-refractivity contribution in [1.29, 1.82) is 0 Å². The summed E-state index contributed by atoms with van der Waals surface area (Å²) < 4.78 is 5.88. The maximum absolute atomic E-state index is 5.88. The van der Waals surface area contributed by atoms with Gasteiger partial charge in [0.05, 0.1) is 0 Å². The largest absolute Gasteiger partial charge is 0.458 e. The second kappa shape index (κ2) is 7.28. The molecule has 0 fully saturated rings. The molecule has 0 spiro atoms. The Morgan fingerprint density at radius 3 is 1.50 bits per heavy atom. The van der Waals surface area contributed by atoms with E-state index in [4.69, 9.17) is 4.74 Å². The van der Waals surface area contributed by atoms with Crippen LogP contribution in [0.25, 0.3) is 12.2 Å². The second-order valence-electron chi connectivity index (χ2n) is 5.04. The third-order valence-corrected chi connectivity index (χ3v) is 3.35. The zero-order valence-electron chi connectivity index (χ0n) is 12.4. The topological polar surface area (TPSA) is 9.23 Å². The number of hydrogen-bond donors (Lipinski definition) is 0. The lowest BCUT2D eigenvalue weighted by Crippen LogP contribution is -1.93. The molecule has 108 valence electrons. The monoisotopic (exact) mass is 286 g/mol. The van der Waals surface area contributed by atoms with Gasteiger partial charge in [0.2, 0.25) is 0 Å². The molecule has 0 N–H and O–H groups in total. The van der Waals surface area contributed by atoms with Gasteiger partial charge in [-0.05, 0) is 41.9 Å². The summed E-state index contributed by atoms with van der Waals surface area (Å²) in [6.45, 7) is 0. The van der Waals surface area contributed by atoms with Crippen molar-refractivity contribution < 1.29 is 4.74 Å². The number of allylic oxidation sites excluding steroid dienone is 4. The second-order valence-corrected chi connectivity index (χ2v) is 5.04. The van der Waals surface area contributed by atoms with Gasteiger partial charge in [0.1, 0.15) is 11.5 Å². The molecule has 0 atom stereocenters. The normalized spacial score (nSPS) is 14.7. The average Bonchev–Trinajstić information content (AvgIpc) is 2.60. The highest BCUT2D eigenvalue weighted by atomic mass is 16.5. The predicted molar refractivity (Wildman–Crippen MR) is 92.8 cm³/mol. The van der Waals surface area contributed by atoms with E-state index in [1.165, 1.54) is 11.1 Å². The van der Waals surface area contributed by atoms with E-state index in [9.17, 15) is 0 Å². The highest BCUT2D eigenvalue weighted by Gasteiger charge is 2.03.